The van der Waals surface area contributed by atoms with Crippen molar-refractivity contribution in [3.63, 3.8) is 0 Å². The highest BCUT2D eigenvalue weighted by Crippen LogP contribution is 2.42. The lowest BCUT2D eigenvalue weighted by Gasteiger charge is -2.25. The van der Waals surface area contributed by atoms with Gasteiger partial charge in [-0.25, -0.2) is 4.79 Å². The maximum Gasteiger partial charge on any atom is 0.338 e. The Hall–Kier alpha value is -3.19. The van der Waals surface area contributed by atoms with E-state index in [9.17, 15) is 19.2 Å². The number of anilines is 2. The number of esters is 1. The number of para-hydroxylation sites is 1. The van der Waals surface area contributed by atoms with Crippen LogP contribution in [-0.2, 0) is 19.1 Å². The second kappa shape index (κ2) is 9.12. The number of nitrogens with zero attached hydrogens (tertiary/aromatic N) is 1. The molecule has 1 saturated heterocycles. The smallest absolute Gasteiger partial charge is 0.338 e. The number of carbonyl (C=O) groups excluding carboxylic acids is 4. The Labute approximate surface area is 190 Å². The van der Waals surface area contributed by atoms with E-state index >= 15 is 0 Å². The Kier molecular flexibility index (Phi) is 6.28. The Balaban J connectivity index is 1.42. The summed E-state index contributed by atoms with van der Waals surface area (Å²) in [6.45, 7) is 1.59. The van der Waals surface area contributed by atoms with Crippen LogP contribution in [0.1, 0.15) is 36.5 Å². The Bertz CT molecular complexity index is 1090. The van der Waals surface area contributed by atoms with E-state index in [1.165, 1.54) is 17.0 Å². The van der Waals surface area contributed by atoms with Crippen LogP contribution < -0.4 is 10.2 Å². The molecular weight excluding hydrogens is 432 g/mol. The van der Waals surface area contributed by atoms with Gasteiger partial charge in [0.05, 0.1) is 33.8 Å². The Morgan fingerprint density at radius 3 is 2.59 bits per heavy atom. The number of hydrogen-bond donors (Lipinski definition) is 1. The SMILES string of the molecule is C[C@@H]1CC[C@@H]2C(=O)N(c3cccc(C(=O)OCC(=O)Nc4ccccc4Cl)c3)C(=O)[C@@H]2C1. The van der Waals surface area contributed by atoms with Gasteiger partial charge < -0.3 is 10.1 Å². The summed E-state index contributed by atoms with van der Waals surface area (Å²) in [7, 11) is 0. The van der Waals surface area contributed by atoms with E-state index in [4.69, 9.17) is 16.3 Å². The van der Waals surface area contributed by atoms with Crippen molar-refractivity contribution in [2.24, 2.45) is 17.8 Å². The fraction of sp³-hybridized carbons (Fsp3) is 0.333. The molecule has 4 rings (SSSR count). The molecule has 1 N–H and O–H groups in total. The first-order chi connectivity index (χ1) is 15.3. The lowest BCUT2D eigenvalue weighted by molar-refractivity contribution is -0.122. The molecule has 3 amide bonds. The van der Waals surface area contributed by atoms with E-state index in [1.807, 2.05) is 0 Å². The lowest BCUT2D eigenvalue weighted by atomic mass is 9.76. The first-order valence-electron chi connectivity index (χ1n) is 10.5. The minimum atomic E-state index is -0.730. The normalized spacial score (nSPS) is 22.4. The summed E-state index contributed by atoms with van der Waals surface area (Å²) in [4.78, 5) is 51.6. The van der Waals surface area contributed by atoms with Gasteiger partial charge in [-0.15, -0.1) is 0 Å². The molecule has 1 saturated carbocycles. The zero-order valence-corrected chi connectivity index (χ0v) is 18.3. The lowest BCUT2D eigenvalue weighted by Crippen LogP contribution is -2.31. The molecule has 0 aromatic heterocycles. The predicted molar refractivity (Wildman–Crippen MR) is 119 cm³/mol. The molecule has 166 valence electrons. The third kappa shape index (κ3) is 4.39. The third-order valence-corrected chi connectivity index (χ3v) is 6.34. The number of hydrogen-bond acceptors (Lipinski definition) is 5. The number of fused-ring (bicyclic) bond motifs is 1. The summed E-state index contributed by atoms with van der Waals surface area (Å²) in [5.74, 6) is -1.87. The van der Waals surface area contributed by atoms with Crippen LogP contribution in [0, 0.1) is 17.8 Å². The second-order valence-electron chi connectivity index (χ2n) is 8.30. The van der Waals surface area contributed by atoms with Gasteiger partial charge in [-0.05, 0) is 55.5 Å². The van der Waals surface area contributed by atoms with Gasteiger partial charge in [0.15, 0.2) is 6.61 Å². The summed E-state index contributed by atoms with van der Waals surface area (Å²) < 4.78 is 5.10. The standard InChI is InChI=1S/C24H23ClN2O5/c1-14-9-10-17-18(11-14)23(30)27(22(17)29)16-6-4-5-15(12-16)24(31)32-13-21(28)26-20-8-3-2-7-19(20)25/h2-8,12,14,17-18H,9-11,13H2,1H3,(H,26,28)/t14-,17+,18-/m1/s1. The van der Waals surface area contributed by atoms with Crippen LogP contribution in [0.4, 0.5) is 11.4 Å². The maximum absolute atomic E-state index is 12.9. The summed E-state index contributed by atoms with van der Waals surface area (Å²) >= 11 is 6.00. The van der Waals surface area contributed by atoms with E-state index in [0.717, 1.165) is 6.42 Å². The zero-order valence-electron chi connectivity index (χ0n) is 17.5. The monoisotopic (exact) mass is 454 g/mol. The van der Waals surface area contributed by atoms with Crippen molar-refractivity contribution in [2.45, 2.75) is 26.2 Å². The molecule has 3 atom stereocenters. The van der Waals surface area contributed by atoms with E-state index in [1.54, 1.807) is 36.4 Å². The van der Waals surface area contributed by atoms with E-state index < -0.39 is 18.5 Å². The van der Waals surface area contributed by atoms with Crippen LogP contribution >= 0.6 is 11.6 Å². The fourth-order valence-electron chi connectivity index (χ4n) is 4.38. The van der Waals surface area contributed by atoms with E-state index in [-0.39, 0.29) is 29.2 Å². The molecule has 7 nitrogen and oxygen atoms in total. The van der Waals surface area contributed by atoms with Crippen molar-refractivity contribution in [1.82, 2.24) is 0 Å². The van der Waals surface area contributed by atoms with Crippen LogP contribution in [0.3, 0.4) is 0 Å². The van der Waals surface area contributed by atoms with Gasteiger partial charge in [-0.1, -0.05) is 36.7 Å². The largest absolute Gasteiger partial charge is 0.452 e. The molecule has 0 radical (unpaired) electrons. The van der Waals surface area contributed by atoms with Gasteiger partial charge in [-0.3, -0.25) is 19.3 Å². The fourth-order valence-corrected chi connectivity index (χ4v) is 4.56. The molecule has 2 aliphatic rings. The molecule has 2 aromatic rings. The van der Waals surface area contributed by atoms with Crippen molar-refractivity contribution in [3.05, 3.63) is 59.1 Å². The van der Waals surface area contributed by atoms with Crippen molar-refractivity contribution in [1.29, 1.82) is 0 Å². The molecular formula is C24H23ClN2O5. The molecule has 8 heteroatoms. The average molecular weight is 455 g/mol. The van der Waals surface area contributed by atoms with Gasteiger partial charge in [0.25, 0.3) is 5.91 Å². The molecule has 1 aliphatic carbocycles. The number of nitrogens with one attached hydrogen (secondary N) is 1. The summed E-state index contributed by atoms with van der Waals surface area (Å²) in [5.41, 5.74) is 0.910. The van der Waals surface area contributed by atoms with Crippen LogP contribution in [-0.4, -0.2) is 30.3 Å². The van der Waals surface area contributed by atoms with Crippen LogP contribution in [0.5, 0.6) is 0 Å². The topological polar surface area (TPSA) is 92.8 Å². The van der Waals surface area contributed by atoms with Crippen molar-refractivity contribution >= 4 is 46.7 Å². The number of carbonyl (C=O) groups is 4. The van der Waals surface area contributed by atoms with Gasteiger partial charge >= 0.3 is 5.97 Å². The highest BCUT2D eigenvalue weighted by Gasteiger charge is 2.50. The molecule has 0 spiro atoms. The number of ether oxygens (including phenoxy) is 1. The minimum Gasteiger partial charge on any atom is -0.452 e. The van der Waals surface area contributed by atoms with Gasteiger partial charge in [0, 0.05) is 0 Å². The highest BCUT2D eigenvalue weighted by molar-refractivity contribution is 6.33. The van der Waals surface area contributed by atoms with Gasteiger partial charge in [0.2, 0.25) is 11.8 Å². The van der Waals surface area contributed by atoms with Crippen LogP contribution in [0.2, 0.25) is 5.02 Å². The number of benzene rings is 2. The molecule has 2 fully saturated rings. The zero-order chi connectivity index (χ0) is 22.8. The van der Waals surface area contributed by atoms with Gasteiger partial charge in [-0.2, -0.15) is 0 Å². The van der Waals surface area contributed by atoms with Gasteiger partial charge in [0.1, 0.15) is 0 Å². The van der Waals surface area contributed by atoms with Crippen molar-refractivity contribution in [2.75, 3.05) is 16.8 Å². The molecule has 0 bridgehead atoms. The third-order valence-electron chi connectivity index (χ3n) is 6.01. The molecule has 2 aromatic carbocycles. The highest BCUT2D eigenvalue weighted by atomic mass is 35.5. The number of amides is 3. The Morgan fingerprint density at radius 1 is 1.06 bits per heavy atom. The molecule has 1 aliphatic heterocycles. The quantitative estimate of drug-likeness (QED) is 0.543. The average Bonchev–Trinajstić information content (AvgIpc) is 3.03. The molecule has 0 unspecified atom stereocenters. The van der Waals surface area contributed by atoms with E-state index in [2.05, 4.69) is 12.2 Å². The maximum atomic E-state index is 12.9. The first-order valence-corrected chi connectivity index (χ1v) is 10.9. The van der Waals surface area contributed by atoms with Crippen LogP contribution in [0.15, 0.2) is 48.5 Å². The number of halogens is 1. The molecule has 1 heterocycles. The van der Waals surface area contributed by atoms with Crippen molar-refractivity contribution in [3.8, 4) is 0 Å². The molecule has 32 heavy (non-hydrogen) atoms. The van der Waals surface area contributed by atoms with Crippen molar-refractivity contribution < 1.29 is 23.9 Å². The van der Waals surface area contributed by atoms with E-state index in [0.29, 0.717) is 35.2 Å². The minimum absolute atomic E-state index is 0.150. The Morgan fingerprint density at radius 2 is 1.81 bits per heavy atom. The predicted octanol–water partition coefficient (Wildman–Crippen LogP) is 4.06. The van der Waals surface area contributed by atoms with Crippen LogP contribution in [0.25, 0.3) is 0 Å². The summed E-state index contributed by atoms with van der Waals surface area (Å²) in [6, 6.07) is 12.9. The summed E-state index contributed by atoms with van der Waals surface area (Å²) in [6.07, 6.45) is 2.33. The second-order valence-corrected chi connectivity index (χ2v) is 8.70. The summed E-state index contributed by atoms with van der Waals surface area (Å²) in [5, 5.41) is 2.94. The first kappa shape index (κ1) is 22.0. The number of rotatable bonds is 5. The number of imide groups is 1.